The van der Waals surface area contributed by atoms with Crippen molar-refractivity contribution in [3.63, 3.8) is 0 Å². The van der Waals surface area contributed by atoms with Gasteiger partial charge in [0.15, 0.2) is 0 Å². The summed E-state index contributed by atoms with van der Waals surface area (Å²) in [5.41, 5.74) is 8.16. The van der Waals surface area contributed by atoms with Crippen LogP contribution in [0.3, 0.4) is 0 Å². The van der Waals surface area contributed by atoms with Gasteiger partial charge in [-0.05, 0) is 48.5 Å². The highest BCUT2D eigenvalue weighted by molar-refractivity contribution is 6.29. The van der Waals surface area contributed by atoms with E-state index in [1.54, 1.807) is 6.20 Å². The highest BCUT2D eigenvalue weighted by Crippen LogP contribution is 2.42. The van der Waals surface area contributed by atoms with Crippen LogP contribution >= 0.6 is 0 Å². The first-order valence-corrected chi connectivity index (χ1v) is 12.5. The van der Waals surface area contributed by atoms with Gasteiger partial charge in [-0.15, -0.1) is 0 Å². The fraction of sp³-hybridized carbons (Fsp3) is 0. The number of hydrogen-bond acceptors (Lipinski definition) is 1. The molecule has 0 unspecified atom stereocenters. The van der Waals surface area contributed by atoms with E-state index in [9.17, 15) is 0 Å². The lowest BCUT2D eigenvalue weighted by Crippen LogP contribution is -1.94. The fourth-order valence-electron chi connectivity index (χ4n) is 5.85. The van der Waals surface area contributed by atoms with Gasteiger partial charge < -0.3 is 14.1 Å². The molecule has 0 aliphatic heterocycles. The lowest BCUT2D eigenvalue weighted by Gasteiger charge is -2.09. The molecule has 37 heavy (non-hydrogen) atoms. The standard InChI is InChI=1S/C33H22N4/c1-3-9-23(10-4-1)36-27-14-8-7-13-25(27)31-28(36)17-18-29-32(31)26-16-15-22(33-34-19-20-35-33)21-30(26)37(29)24-11-5-2-6-12-24/h1-21H,(H,34,35). The molecule has 0 radical (unpaired) electrons. The normalized spacial score (nSPS) is 11.8. The van der Waals surface area contributed by atoms with Gasteiger partial charge in [0.25, 0.3) is 0 Å². The van der Waals surface area contributed by atoms with Gasteiger partial charge in [-0.25, -0.2) is 4.98 Å². The lowest BCUT2D eigenvalue weighted by atomic mass is 10.0. The number of hydrogen-bond donors (Lipinski definition) is 1. The topological polar surface area (TPSA) is 38.5 Å². The van der Waals surface area contributed by atoms with E-state index in [1.165, 1.54) is 49.3 Å². The Morgan fingerprint density at radius 2 is 1.11 bits per heavy atom. The van der Waals surface area contributed by atoms with E-state index in [0.717, 1.165) is 17.1 Å². The number of H-pyrrole nitrogens is 1. The number of rotatable bonds is 3. The third-order valence-corrected chi connectivity index (χ3v) is 7.37. The molecule has 0 spiro atoms. The lowest BCUT2D eigenvalue weighted by molar-refractivity contribution is 1.17. The Bertz CT molecular complexity index is 2060. The van der Waals surface area contributed by atoms with Crippen molar-refractivity contribution < 1.29 is 0 Å². The van der Waals surface area contributed by atoms with Gasteiger partial charge in [-0.3, -0.25) is 0 Å². The monoisotopic (exact) mass is 474 g/mol. The largest absolute Gasteiger partial charge is 0.345 e. The number of para-hydroxylation sites is 3. The highest BCUT2D eigenvalue weighted by Gasteiger charge is 2.20. The van der Waals surface area contributed by atoms with Crippen LogP contribution in [0.15, 0.2) is 128 Å². The van der Waals surface area contributed by atoms with E-state index in [1.807, 2.05) is 6.20 Å². The van der Waals surface area contributed by atoms with Crippen molar-refractivity contribution in [3.8, 4) is 22.8 Å². The molecular weight excluding hydrogens is 452 g/mol. The average Bonchev–Trinajstić information content (AvgIpc) is 3.68. The number of aromatic nitrogens is 4. The maximum Gasteiger partial charge on any atom is 0.137 e. The van der Waals surface area contributed by atoms with Gasteiger partial charge in [-0.2, -0.15) is 0 Å². The van der Waals surface area contributed by atoms with Crippen molar-refractivity contribution in [2.24, 2.45) is 0 Å². The zero-order chi connectivity index (χ0) is 24.3. The Hall–Kier alpha value is -5.09. The first-order valence-electron chi connectivity index (χ1n) is 12.5. The van der Waals surface area contributed by atoms with Gasteiger partial charge in [0.2, 0.25) is 0 Å². The number of imidazole rings is 1. The molecular formula is C33H22N4. The Balaban J connectivity index is 1.58. The molecule has 4 heteroatoms. The summed E-state index contributed by atoms with van der Waals surface area (Å²) in [5, 5.41) is 5.04. The smallest absolute Gasteiger partial charge is 0.137 e. The van der Waals surface area contributed by atoms with Crippen LogP contribution in [0.25, 0.3) is 66.4 Å². The maximum atomic E-state index is 4.51. The molecule has 0 saturated carbocycles. The van der Waals surface area contributed by atoms with Crippen LogP contribution in [0, 0.1) is 0 Å². The van der Waals surface area contributed by atoms with Crippen LogP contribution in [0.4, 0.5) is 0 Å². The van der Waals surface area contributed by atoms with Crippen molar-refractivity contribution in [1.82, 2.24) is 19.1 Å². The van der Waals surface area contributed by atoms with Gasteiger partial charge in [0.05, 0.1) is 22.1 Å². The van der Waals surface area contributed by atoms with Crippen molar-refractivity contribution in [1.29, 1.82) is 0 Å². The van der Waals surface area contributed by atoms with Crippen LogP contribution in [0.1, 0.15) is 0 Å². The SMILES string of the molecule is c1ccc(-n2c3ccccc3c3c4c5ccc(-c6ncc[nH]6)cc5n(-c5ccccc5)c4ccc32)cc1. The van der Waals surface area contributed by atoms with Crippen molar-refractivity contribution in [2.45, 2.75) is 0 Å². The van der Waals surface area contributed by atoms with E-state index in [0.29, 0.717) is 0 Å². The fourth-order valence-corrected chi connectivity index (χ4v) is 5.85. The molecule has 0 aliphatic rings. The molecule has 0 bridgehead atoms. The minimum Gasteiger partial charge on any atom is -0.345 e. The number of fused-ring (bicyclic) bond motifs is 7. The number of aromatic amines is 1. The molecule has 3 aromatic heterocycles. The summed E-state index contributed by atoms with van der Waals surface area (Å²) in [4.78, 5) is 7.77. The van der Waals surface area contributed by atoms with Crippen LogP contribution in [-0.4, -0.2) is 19.1 Å². The van der Waals surface area contributed by atoms with E-state index < -0.39 is 0 Å². The summed E-state index contributed by atoms with van der Waals surface area (Å²) in [6.45, 7) is 0. The molecule has 4 nitrogen and oxygen atoms in total. The van der Waals surface area contributed by atoms with Crippen LogP contribution in [-0.2, 0) is 0 Å². The maximum absolute atomic E-state index is 4.51. The zero-order valence-electron chi connectivity index (χ0n) is 20.0. The third kappa shape index (κ3) is 2.87. The summed E-state index contributed by atoms with van der Waals surface area (Å²) in [6.07, 6.45) is 3.67. The number of nitrogens with zero attached hydrogens (tertiary/aromatic N) is 3. The molecule has 0 atom stereocenters. The second-order valence-corrected chi connectivity index (χ2v) is 9.38. The Labute approximate surface area is 213 Å². The highest BCUT2D eigenvalue weighted by atomic mass is 15.0. The number of nitrogens with one attached hydrogen (secondary N) is 1. The van der Waals surface area contributed by atoms with Crippen LogP contribution in [0.2, 0.25) is 0 Å². The first-order chi connectivity index (χ1) is 18.4. The molecule has 8 aromatic rings. The van der Waals surface area contributed by atoms with Crippen molar-refractivity contribution in [3.05, 3.63) is 128 Å². The summed E-state index contributed by atoms with van der Waals surface area (Å²) in [5.74, 6) is 0.873. The molecule has 0 fully saturated rings. The van der Waals surface area contributed by atoms with E-state index in [4.69, 9.17) is 0 Å². The first kappa shape index (κ1) is 20.1. The molecule has 0 saturated heterocycles. The van der Waals surface area contributed by atoms with Gasteiger partial charge in [0, 0.05) is 50.9 Å². The Morgan fingerprint density at radius 1 is 0.514 bits per heavy atom. The summed E-state index contributed by atoms with van der Waals surface area (Å²) in [6, 6.07) is 41.2. The average molecular weight is 475 g/mol. The minimum absolute atomic E-state index is 0.873. The molecule has 0 aliphatic carbocycles. The molecule has 0 amide bonds. The second kappa shape index (κ2) is 7.70. The summed E-state index contributed by atoms with van der Waals surface area (Å²) < 4.78 is 4.76. The summed E-state index contributed by atoms with van der Waals surface area (Å²) in [7, 11) is 0. The predicted octanol–water partition coefficient (Wildman–Crippen LogP) is 8.27. The molecule has 174 valence electrons. The Morgan fingerprint density at radius 3 is 1.76 bits per heavy atom. The van der Waals surface area contributed by atoms with E-state index in [-0.39, 0.29) is 0 Å². The zero-order valence-corrected chi connectivity index (χ0v) is 20.0. The second-order valence-electron chi connectivity index (χ2n) is 9.38. The van der Waals surface area contributed by atoms with Crippen LogP contribution in [0.5, 0.6) is 0 Å². The molecule has 5 aromatic carbocycles. The predicted molar refractivity (Wildman–Crippen MR) is 153 cm³/mol. The van der Waals surface area contributed by atoms with Gasteiger partial charge >= 0.3 is 0 Å². The molecule has 1 N–H and O–H groups in total. The van der Waals surface area contributed by atoms with Crippen LogP contribution < -0.4 is 0 Å². The molecule has 8 rings (SSSR count). The summed E-state index contributed by atoms with van der Waals surface area (Å²) >= 11 is 0. The quantitative estimate of drug-likeness (QED) is 0.275. The minimum atomic E-state index is 0.873. The third-order valence-electron chi connectivity index (χ3n) is 7.37. The van der Waals surface area contributed by atoms with Crippen molar-refractivity contribution in [2.75, 3.05) is 0 Å². The van der Waals surface area contributed by atoms with Gasteiger partial charge in [-0.1, -0.05) is 66.7 Å². The van der Waals surface area contributed by atoms with E-state index >= 15 is 0 Å². The van der Waals surface area contributed by atoms with Gasteiger partial charge in [0.1, 0.15) is 5.82 Å². The van der Waals surface area contributed by atoms with E-state index in [2.05, 4.69) is 134 Å². The molecule has 3 heterocycles. The number of benzene rings is 5. The Kier molecular flexibility index (Phi) is 4.19. The van der Waals surface area contributed by atoms with Crippen molar-refractivity contribution >= 4 is 43.6 Å².